The van der Waals surface area contributed by atoms with Crippen molar-refractivity contribution < 1.29 is 4.42 Å². The summed E-state index contributed by atoms with van der Waals surface area (Å²) in [4.78, 5) is 4.93. The largest absolute Gasteiger partial charge is 0.455 e. The number of fused-ring (bicyclic) bond motifs is 4. The Hall–Kier alpha value is -3.13. The van der Waals surface area contributed by atoms with Crippen LogP contribution in [0.3, 0.4) is 0 Å². The average molecular weight is 432 g/mol. The highest BCUT2D eigenvalue weighted by atomic mass is 16.3. The lowest BCUT2D eigenvalue weighted by Gasteiger charge is -2.15. The van der Waals surface area contributed by atoms with Crippen LogP contribution in [0.25, 0.3) is 44.0 Å². The fraction of sp³-hybridized carbons (Fsp3) is 0.323. The third-order valence-corrected chi connectivity index (χ3v) is 8.20. The van der Waals surface area contributed by atoms with Crippen molar-refractivity contribution >= 4 is 32.7 Å². The molecule has 0 bridgehead atoms. The number of hydrogen-bond acceptors (Lipinski definition) is 2. The average Bonchev–Trinajstić information content (AvgIpc) is 3.64. The molecule has 0 N–H and O–H groups in total. The summed E-state index contributed by atoms with van der Waals surface area (Å²) in [5.41, 5.74) is 7.06. The predicted molar refractivity (Wildman–Crippen MR) is 137 cm³/mol. The normalized spacial score (nSPS) is 17.7. The first-order chi connectivity index (χ1) is 16.3. The first-order valence-electron chi connectivity index (χ1n) is 12.7. The van der Waals surface area contributed by atoms with Gasteiger partial charge in [0.2, 0.25) is 0 Å². The van der Waals surface area contributed by atoms with E-state index in [9.17, 15) is 0 Å². The van der Waals surface area contributed by atoms with Gasteiger partial charge in [-0.3, -0.25) is 4.98 Å². The summed E-state index contributed by atoms with van der Waals surface area (Å²) in [5, 5.41) is 4.95. The summed E-state index contributed by atoms with van der Waals surface area (Å²) in [6.45, 7) is 0. The van der Waals surface area contributed by atoms with E-state index in [0.717, 1.165) is 28.3 Å². The number of rotatable bonds is 3. The highest BCUT2D eigenvalue weighted by molar-refractivity contribution is 6.11. The molecule has 0 spiro atoms. The van der Waals surface area contributed by atoms with Crippen molar-refractivity contribution in [2.24, 2.45) is 0 Å². The molecule has 0 radical (unpaired) electrons. The molecule has 2 aliphatic rings. The maximum absolute atomic E-state index is 6.47. The van der Waals surface area contributed by atoms with E-state index >= 15 is 0 Å². The summed E-state index contributed by atoms with van der Waals surface area (Å²) in [7, 11) is 0. The third-order valence-electron chi connectivity index (χ3n) is 8.20. The molecule has 0 amide bonds. The van der Waals surface area contributed by atoms with Crippen LogP contribution in [0.15, 0.2) is 71.3 Å². The van der Waals surface area contributed by atoms with Crippen molar-refractivity contribution in [1.82, 2.24) is 4.98 Å². The fourth-order valence-corrected chi connectivity index (χ4v) is 6.44. The van der Waals surface area contributed by atoms with Crippen molar-refractivity contribution in [3.8, 4) is 11.3 Å². The Morgan fingerprint density at radius 2 is 1.42 bits per heavy atom. The minimum absolute atomic E-state index is 0.644. The maximum Gasteiger partial charge on any atom is 0.144 e. The fourth-order valence-electron chi connectivity index (χ4n) is 6.44. The lowest BCUT2D eigenvalue weighted by atomic mass is 9.91. The highest BCUT2D eigenvalue weighted by Gasteiger charge is 2.23. The molecule has 3 aromatic carbocycles. The van der Waals surface area contributed by atoms with E-state index in [4.69, 9.17) is 9.40 Å². The molecule has 0 saturated heterocycles. The van der Waals surface area contributed by atoms with E-state index in [1.54, 1.807) is 0 Å². The van der Waals surface area contributed by atoms with Gasteiger partial charge in [0.05, 0.1) is 5.69 Å². The molecule has 2 aliphatic carbocycles. The van der Waals surface area contributed by atoms with Crippen LogP contribution in [0.4, 0.5) is 0 Å². The molecule has 2 saturated carbocycles. The number of hydrogen-bond donors (Lipinski definition) is 0. The molecule has 5 aromatic rings. The van der Waals surface area contributed by atoms with Crippen LogP contribution >= 0.6 is 0 Å². The monoisotopic (exact) mass is 431 g/mol. The summed E-state index contributed by atoms with van der Waals surface area (Å²) in [5.74, 6) is 1.37. The smallest absolute Gasteiger partial charge is 0.144 e. The van der Waals surface area contributed by atoms with Gasteiger partial charge >= 0.3 is 0 Å². The van der Waals surface area contributed by atoms with Crippen molar-refractivity contribution in [3.05, 3.63) is 78.0 Å². The first-order valence-corrected chi connectivity index (χ1v) is 12.7. The van der Waals surface area contributed by atoms with Gasteiger partial charge < -0.3 is 4.42 Å². The highest BCUT2D eigenvalue weighted by Crippen LogP contribution is 2.43. The van der Waals surface area contributed by atoms with Crippen LogP contribution in [0.1, 0.15) is 74.3 Å². The molecule has 33 heavy (non-hydrogen) atoms. The first kappa shape index (κ1) is 19.3. The Kier molecular flexibility index (Phi) is 4.53. The Morgan fingerprint density at radius 1 is 0.667 bits per heavy atom. The molecule has 0 atom stereocenters. The molecule has 2 aromatic heterocycles. The van der Waals surface area contributed by atoms with Crippen molar-refractivity contribution in [1.29, 1.82) is 0 Å². The van der Waals surface area contributed by atoms with Crippen molar-refractivity contribution in [2.45, 2.75) is 63.2 Å². The van der Waals surface area contributed by atoms with E-state index in [1.807, 2.05) is 6.20 Å². The van der Waals surface area contributed by atoms with Gasteiger partial charge in [0.1, 0.15) is 11.2 Å². The minimum atomic E-state index is 0.644. The summed E-state index contributed by atoms with van der Waals surface area (Å²) >= 11 is 0. The van der Waals surface area contributed by atoms with Gasteiger partial charge in [-0.05, 0) is 78.3 Å². The molecular formula is C31H29NO. The van der Waals surface area contributed by atoms with E-state index in [1.165, 1.54) is 84.0 Å². The maximum atomic E-state index is 6.47. The molecule has 0 aliphatic heterocycles. The zero-order valence-corrected chi connectivity index (χ0v) is 19.0. The molecular weight excluding hydrogens is 402 g/mol. The third kappa shape index (κ3) is 3.19. The standard InChI is InChI=1S/C31H29NO/c1-2-8-20(7-1)22-13-14-25-23(17-22)15-16-32-30(25)28-19-24(21-9-3-4-10-21)18-27-26-11-5-6-12-29(26)33-31(27)28/h5-6,11-21H,1-4,7-10H2. The van der Waals surface area contributed by atoms with Crippen molar-refractivity contribution in [3.63, 3.8) is 0 Å². The number of benzene rings is 3. The molecule has 2 nitrogen and oxygen atoms in total. The number of para-hydroxylation sites is 1. The van der Waals surface area contributed by atoms with E-state index < -0.39 is 0 Å². The van der Waals surface area contributed by atoms with Crippen LogP contribution in [0, 0.1) is 0 Å². The second kappa shape index (κ2) is 7.73. The Bertz CT molecular complexity index is 1480. The minimum Gasteiger partial charge on any atom is -0.455 e. The summed E-state index contributed by atoms with van der Waals surface area (Å²) in [6.07, 6.45) is 12.6. The molecule has 164 valence electrons. The topological polar surface area (TPSA) is 26.0 Å². The molecule has 2 heteroatoms. The lowest BCUT2D eigenvalue weighted by molar-refractivity contribution is 0.668. The summed E-state index contributed by atoms with van der Waals surface area (Å²) < 4.78 is 6.47. The quantitative estimate of drug-likeness (QED) is 0.285. The van der Waals surface area contributed by atoms with Crippen LogP contribution in [0.2, 0.25) is 0 Å². The van der Waals surface area contributed by atoms with Crippen LogP contribution in [-0.2, 0) is 0 Å². The van der Waals surface area contributed by atoms with Gasteiger partial charge in [-0.25, -0.2) is 0 Å². The zero-order valence-electron chi connectivity index (χ0n) is 19.0. The second-order valence-electron chi connectivity index (χ2n) is 10.1. The van der Waals surface area contributed by atoms with Crippen LogP contribution in [0.5, 0.6) is 0 Å². The molecule has 7 rings (SSSR count). The summed E-state index contributed by atoms with van der Waals surface area (Å²) in [6, 6.07) is 22.5. The SMILES string of the molecule is c1ccc2c(c1)oc1c(-c3nccc4cc(C5CCCC5)ccc34)cc(C3CCCC3)cc12. The van der Waals surface area contributed by atoms with Gasteiger partial charge in [-0.2, -0.15) is 0 Å². The Morgan fingerprint density at radius 3 is 2.24 bits per heavy atom. The number of pyridine rings is 1. The van der Waals surface area contributed by atoms with Crippen LogP contribution < -0.4 is 0 Å². The van der Waals surface area contributed by atoms with Gasteiger partial charge in [0, 0.05) is 27.9 Å². The van der Waals surface area contributed by atoms with Crippen molar-refractivity contribution in [2.75, 3.05) is 0 Å². The molecule has 0 unspecified atom stereocenters. The number of nitrogens with zero attached hydrogens (tertiary/aromatic N) is 1. The van der Waals surface area contributed by atoms with Gasteiger partial charge in [0.15, 0.2) is 0 Å². The predicted octanol–water partition coefficient (Wildman–Crippen LogP) is 9.12. The van der Waals surface area contributed by atoms with E-state index in [2.05, 4.69) is 60.7 Å². The van der Waals surface area contributed by atoms with E-state index in [0.29, 0.717) is 5.92 Å². The zero-order chi connectivity index (χ0) is 21.8. The molecule has 2 fully saturated rings. The number of furan rings is 1. The Balaban J connectivity index is 1.47. The van der Waals surface area contributed by atoms with Gasteiger partial charge in [-0.15, -0.1) is 0 Å². The Labute approximate surface area is 194 Å². The lowest BCUT2D eigenvalue weighted by Crippen LogP contribution is -1.96. The second-order valence-corrected chi connectivity index (χ2v) is 10.1. The van der Waals surface area contributed by atoms with E-state index in [-0.39, 0.29) is 0 Å². The van der Waals surface area contributed by atoms with Gasteiger partial charge in [0.25, 0.3) is 0 Å². The number of aromatic nitrogens is 1. The van der Waals surface area contributed by atoms with Gasteiger partial charge in [-0.1, -0.05) is 62.1 Å². The van der Waals surface area contributed by atoms with Crippen LogP contribution in [-0.4, -0.2) is 4.98 Å². The molecule has 2 heterocycles.